The van der Waals surface area contributed by atoms with E-state index in [4.69, 9.17) is 0 Å². The van der Waals surface area contributed by atoms with Crippen LogP contribution in [-0.2, 0) is 6.54 Å². The van der Waals surface area contributed by atoms with Crippen LogP contribution in [0.5, 0.6) is 0 Å². The zero-order chi connectivity index (χ0) is 13.1. The number of thiophene rings is 1. The van der Waals surface area contributed by atoms with Crippen molar-refractivity contribution in [3.05, 3.63) is 22.4 Å². The standard InChI is InChI=1S/C16H26N2S/c1-2-8-17-10-14-3-6-16(14)18(15-4-5-15)11-13-7-9-19-12-13/h7,9,12,14-17H,2-6,8,10-11H2,1H3. The Bertz CT molecular complexity index is 372. The van der Waals surface area contributed by atoms with Gasteiger partial charge in [0.15, 0.2) is 0 Å². The fourth-order valence-electron chi connectivity index (χ4n) is 3.21. The highest BCUT2D eigenvalue weighted by Crippen LogP contribution is 2.39. The Morgan fingerprint density at radius 1 is 1.32 bits per heavy atom. The first-order chi connectivity index (χ1) is 9.38. The topological polar surface area (TPSA) is 15.3 Å². The molecule has 106 valence electrons. The average Bonchev–Trinajstić information content (AvgIpc) is 3.11. The van der Waals surface area contributed by atoms with Crippen molar-refractivity contribution in [1.82, 2.24) is 10.2 Å². The lowest BCUT2D eigenvalue weighted by atomic mass is 9.78. The van der Waals surface area contributed by atoms with Gasteiger partial charge in [0.05, 0.1) is 0 Å². The van der Waals surface area contributed by atoms with E-state index in [0.29, 0.717) is 0 Å². The van der Waals surface area contributed by atoms with Crippen LogP contribution in [0.15, 0.2) is 16.8 Å². The van der Waals surface area contributed by atoms with Gasteiger partial charge >= 0.3 is 0 Å². The van der Waals surface area contributed by atoms with Gasteiger partial charge in [-0.15, -0.1) is 0 Å². The molecule has 0 spiro atoms. The molecule has 0 saturated heterocycles. The summed E-state index contributed by atoms with van der Waals surface area (Å²) in [4.78, 5) is 2.81. The molecule has 2 nitrogen and oxygen atoms in total. The highest BCUT2D eigenvalue weighted by molar-refractivity contribution is 7.07. The normalized spacial score (nSPS) is 26.6. The Morgan fingerprint density at radius 2 is 2.21 bits per heavy atom. The SMILES string of the molecule is CCCNCC1CCC1N(Cc1ccsc1)C1CC1. The molecule has 0 amide bonds. The van der Waals surface area contributed by atoms with Crippen molar-refractivity contribution in [2.24, 2.45) is 5.92 Å². The van der Waals surface area contributed by atoms with Crippen LogP contribution in [0.2, 0.25) is 0 Å². The monoisotopic (exact) mass is 278 g/mol. The lowest BCUT2D eigenvalue weighted by Gasteiger charge is -2.45. The highest BCUT2D eigenvalue weighted by Gasteiger charge is 2.41. The van der Waals surface area contributed by atoms with E-state index in [9.17, 15) is 0 Å². The number of rotatable bonds is 8. The first kappa shape index (κ1) is 13.6. The predicted octanol–water partition coefficient (Wildman–Crippen LogP) is 3.49. The molecule has 0 bridgehead atoms. The van der Waals surface area contributed by atoms with E-state index in [1.807, 2.05) is 11.3 Å². The fraction of sp³-hybridized carbons (Fsp3) is 0.750. The molecule has 1 aromatic rings. The van der Waals surface area contributed by atoms with Gasteiger partial charge in [0.2, 0.25) is 0 Å². The van der Waals surface area contributed by atoms with Crippen LogP contribution in [0.1, 0.15) is 44.6 Å². The minimum absolute atomic E-state index is 0.844. The first-order valence-electron chi connectivity index (χ1n) is 7.86. The van der Waals surface area contributed by atoms with Crippen molar-refractivity contribution >= 4 is 11.3 Å². The number of nitrogens with zero attached hydrogens (tertiary/aromatic N) is 1. The van der Waals surface area contributed by atoms with Crippen LogP contribution < -0.4 is 5.32 Å². The molecule has 2 aliphatic rings. The van der Waals surface area contributed by atoms with Crippen molar-refractivity contribution in [2.75, 3.05) is 13.1 Å². The molecule has 1 N–H and O–H groups in total. The van der Waals surface area contributed by atoms with E-state index in [2.05, 4.69) is 34.0 Å². The molecule has 3 heteroatoms. The van der Waals surface area contributed by atoms with Crippen molar-refractivity contribution in [2.45, 2.75) is 57.7 Å². The predicted molar refractivity (Wildman–Crippen MR) is 82.6 cm³/mol. The largest absolute Gasteiger partial charge is 0.316 e. The third kappa shape index (κ3) is 3.39. The summed E-state index contributed by atoms with van der Waals surface area (Å²) in [6, 6.07) is 4.03. The second-order valence-corrected chi connectivity index (χ2v) is 6.92. The van der Waals surface area contributed by atoms with Gasteiger partial charge in [-0.3, -0.25) is 4.90 Å². The number of hydrogen-bond acceptors (Lipinski definition) is 3. The van der Waals surface area contributed by atoms with Gasteiger partial charge < -0.3 is 5.32 Å². The fourth-order valence-corrected chi connectivity index (χ4v) is 3.87. The maximum absolute atomic E-state index is 3.62. The zero-order valence-electron chi connectivity index (χ0n) is 12.0. The van der Waals surface area contributed by atoms with Crippen LogP contribution in [0.25, 0.3) is 0 Å². The van der Waals surface area contributed by atoms with Crippen LogP contribution in [0.3, 0.4) is 0 Å². The molecular weight excluding hydrogens is 252 g/mol. The van der Waals surface area contributed by atoms with Crippen molar-refractivity contribution in [1.29, 1.82) is 0 Å². The maximum Gasteiger partial charge on any atom is 0.0247 e. The second kappa shape index (κ2) is 6.38. The molecule has 2 aliphatic carbocycles. The van der Waals surface area contributed by atoms with E-state index < -0.39 is 0 Å². The second-order valence-electron chi connectivity index (χ2n) is 6.14. The molecule has 2 saturated carbocycles. The number of nitrogens with one attached hydrogen (secondary N) is 1. The van der Waals surface area contributed by atoms with Crippen LogP contribution in [0, 0.1) is 5.92 Å². The van der Waals surface area contributed by atoms with Crippen LogP contribution >= 0.6 is 11.3 Å². The molecule has 1 aromatic heterocycles. The minimum Gasteiger partial charge on any atom is -0.316 e. The minimum atomic E-state index is 0.844. The third-order valence-corrected chi connectivity index (χ3v) is 5.33. The van der Waals surface area contributed by atoms with Gasteiger partial charge in [0.1, 0.15) is 0 Å². The van der Waals surface area contributed by atoms with E-state index in [1.165, 1.54) is 57.3 Å². The lowest BCUT2D eigenvalue weighted by Crippen LogP contribution is -2.51. The van der Waals surface area contributed by atoms with E-state index >= 15 is 0 Å². The molecule has 1 heterocycles. The van der Waals surface area contributed by atoms with E-state index in [-0.39, 0.29) is 0 Å². The smallest absolute Gasteiger partial charge is 0.0247 e. The van der Waals surface area contributed by atoms with Gasteiger partial charge in [-0.2, -0.15) is 11.3 Å². The van der Waals surface area contributed by atoms with E-state index in [0.717, 1.165) is 18.0 Å². The summed E-state index contributed by atoms with van der Waals surface area (Å²) in [5.41, 5.74) is 1.52. The van der Waals surface area contributed by atoms with Gasteiger partial charge in [-0.1, -0.05) is 6.92 Å². The van der Waals surface area contributed by atoms with Crippen molar-refractivity contribution in [3.63, 3.8) is 0 Å². The average molecular weight is 278 g/mol. The molecule has 0 radical (unpaired) electrons. The highest BCUT2D eigenvalue weighted by atomic mass is 32.1. The van der Waals surface area contributed by atoms with Gasteiger partial charge in [0.25, 0.3) is 0 Å². The zero-order valence-corrected chi connectivity index (χ0v) is 12.8. The Balaban J connectivity index is 1.54. The Morgan fingerprint density at radius 3 is 2.79 bits per heavy atom. The quantitative estimate of drug-likeness (QED) is 0.732. The summed E-state index contributed by atoms with van der Waals surface area (Å²) in [5, 5.41) is 8.14. The molecule has 2 unspecified atom stereocenters. The Labute approximate surface area is 121 Å². The molecular formula is C16H26N2S. The van der Waals surface area contributed by atoms with Crippen LogP contribution in [0.4, 0.5) is 0 Å². The van der Waals surface area contributed by atoms with E-state index in [1.54, 1.807) is 0 Å². The van der Waals surface area contributed by atoms with Crippen molar-refractivity contribution in [3.8, 4) is 0 Å². The van der Waals surface area contributed by atoms with Gasteiger partial charge in [-0.25, -0.2) is 0 Å². The van der Waals surface area contributed by atoms with Crippen LogP contribution in [-0.4, -0.2) is 30.1 Å². The first-order valence-corrected chi connectivity index (χ1v) is 8.80. The van der Waals surface area contributed by atoms with Gasteiger partial charge in [-0.05, 0) is 73.5 Å². The molecule has 2 atom stereocenters. The lowest BCUT2D eigenvalue weighted by molar-refractivity contribution is 0.0486. The summed E-state index contributed by atoms with van der Waals surface area (Å²) in [6.45, 7) is 5.84. The molecule has 3 rings (SSSR count). The molecule has 0 aromatic carbocycles. The summed E-state index contributed by atoms with van der Waals surface area (Å²) in [6.07, 6.45) is 6.94. The van der Waals surface area contributed by atoms with Crippen molar-refractivity contribution < 1.29 is 0 Å². The Hall–Kier alpha value is -0.380. The molecule has 2 fully saturated rings. The van der Waals surface area contributed by atoms with Gasteiger partial charge in [0, 0.05) is 18.6 Å². The number of hydrogen-bond donors (Lipinski definition) is 1. The third-order valence-electron chi connectivity index (χ3n) is 4.60. The summed E-state index contributed by atoms with van der Waals surface area (Å²) in [7, 11) is 0. The summed E-state index contributed by atoms with van der Waals surface area (Å²) in [5.74, 6) is 0.894. The molecule has 0 aliphatic heterocycles. The molecule has 19 heavy (non-hydrogen) atoms. The maximum atomic E-state index is 3.62. The summed E-state index contributed by atoms with van der Waals surface area (Å²) < 4.78 is 0. The summed E-state index contributed by atoms with van der Waals surface area (Å²) >= 11 is 1.83. The Kier molecular flexibility index (Phi) is 4.57.